The van der Waals surface area contributed by atoms with Crippen LogP contribution in [-0.2, 0) is 6.18 Å². The second-order valence-corrected chi connectivity index (χ2v) is 4.00. The third-order valence-corrected chi connectivity index (χ3v) is 2.52. The lowest BCUT2D eigenvalue weighted by atomic mass is 10.2. The number of halogens is 3. The lowest BCUT2D eigenvalue weighted by molar-refractivity contribution is -0.137. The van der Waals surface area contributed by atoms with Crippen LogP contribution in [-0.4, -0.2) is 16.0 Å². The van der Waals surface area contributed by atoms with Crippen LogP contribution in [0.5, 0.6) is 11.6 Å². The van der Waals surface area contributed by atoms with Crippen LogP contribution in [0.1, 0.15) is 11.1 Å². The maximum absolute atomic E-state index is 12.6. The lowest BCUT2D eigenvalue weighted by Gasteiger charge is -2.09. The molecule has 3 N–H and O–H groups in total. The van der Waals surface area contributed by atoms with Crippen LogP contribution in [0, 0.1) is 0 Å². The molecule has 1 heterocycles. The van der Waals surface area contributed by atoms with Crippen molar-refractivity contribution in [1.29, 1.82) is 0 Å². The lowest BCUT2D eigenvalue weighted by Crippen LogP contribution is -2.13. The number of amidine groups is 1. The fourth-order valence-corrected chi connectivity index (χ4v) is 1.51. The van der Waals surface area contributed by atoms with E-state index >= 15 is 0 Å². The van der Waals surface area contributed by atoms with E-state index in [1.807, 2.05) is 0 Å². The van der Waals surface area contributed by atoms with Gasteiger partial charge in [-0.15, -0.1) is 0 Å². The van der Waals surface area contributed by atoms with Crippen LogP contribution >= 0.6 is 0 Å². The van der Waals surface area contributed by atoms with Gasteiger partial charge in [0.25, 0.3) is 0 Å². The van der Waals surface area contributed by atoms with Gasteiger partial charge in [-0.05, 0) is 24.3 Å². The molecule has 0 bridgehead atoms. The molecular formula is C13H10F3N3O2. The largest absolute Gasteiger partial charge is 0.439 e. The normalized spacial score (nSPS) is 12.2. The van der Waals surface area contributed by atoms with E-state index in [1.54, 1.807) is 0 Å². The van der Waals surface area contributed by atoms with Crippen molar-refractivity contribution in [2.75, 3.05) is 0 Å². The van der Waals surface area contributed by atoms with Crippen LogP contribution < -0.4 is 10.5 Å². The molecular weight excluding hydrogens is 287 g/mol. The Balaban J connectivity index is 2.19. The van der Waals surface area contributed by atoms with Crippen LogP contribution in [0.25, 0.3) is 0 Å². The number of ether oxygens (including phenoxy) is 1. The number of hydrogen-bond donors (Lipinski definition) is 2. The number of aromatic nitrogens is 1. The van der Waals surface area contributed by atoms with E-state index in [9.17, 15) is 13.2 Å². The van der Waals surface area contributed by atoms with E-state index in [4.69, 9.17) is 15.7 Å². The van der Waals surface area contributed by atoms with Crippen molar-refractivity contribution in [1.82, 2.24) is 4.98 Å². The summed E-state index contributed by atoms with van der Waals surface area (Å²) in [6, 6.07) is 7.30. The summed E-state index contributed by atoms with van der Waals surface area (Å²) in [6.45, 7) is 0. The first kappa shape index (κ1) is 14.6. The van der Waals surface area contributed by atoms with Crippen molar-refractivity contribution < 1.29 is 23.1 Å². The predicted octanol–water partition coefficient (Wildman–Crippen LogP) is 2.99. The van der Waals surface area contributed by atoms with Crippen molar-refractivity contribution in [3.63, 3.8) is 0 Å². The summed E-state index contributed by atoms with van der Waals surface area (Å²) >= 11 is 0. The van der Waals surface area contributed by atoms with Crippen molar-refractivity contribution in [3.8, 4) is 11.6 Å². The number of rotatable bonds is 3. The highest BCUT2D eigenvalue weighted by molar-refractivity contribution is 5.96. The number of nitrogens with zero attached hydrogens (tertiary/aromatic N) is 2. The molecule has 0 saturated heterocycles. The topological polar surface area (TPSA) is 80.7 Å². The molecule has 0 unspecified atom stereocenters. The fourth-order valence-electron chi connectivity index (χ4n) is 1.51. The fraction of sp³-hybridized carbons (Fsp3) is 0.0769. The van der Waals surface area contributed by atoms with E-state index in [-0.39, 0.29) is 17.5 Å². The highest BCUT2D eigenvalue weighted by Gasteiger charge is 2.30. The van der Waals surface area contributed by atoms with Gasteiger partial charge in [0.1, 0.15) is 5.75 Å². The maximum Gasteiger partial charge on any atom is 0.416 e. The van der Waals surface area contributed by atoms with E-state index in [0.717, 1.165) is 12.1 Å². The van der Waals surface area contributed by atoms with E-state index < -0.39 is 11.7 Å². The Morgan fingerprint density at radius 1 is 1.24 bits per heavy atom. The van der Waals surface area contributed by atoms with Crippen molar-refractivity contribution >= 4 is 5.84 Å². The summed E-state index contributed by atoms with van der Waals surface area (Å²) in [7, 11) is 0. The number of oxime groups is 1. The highest BCUT2D eigenvalue weighted by Crippen LogP contribution is 2.32. The molecule has 0 aliphatic heterocycles. The molecule has 110 valence electrons. The third kappa shape index (κ3) is 3.62. The van der Waals surface area contributed by atoms with Crippen LogP contribution in [0.2, 0.25) is 0 Å². The molecule has 0 radical (unpaired) electrons. The van der Waals surface area contributed by atoms with Crippen LogP contribution in [0.15, 0.2) is 47.8 Å². The van der Waals surface area contributed by atoms with Gasteiger partial charge in [0.15, 0.2) is 5.84 Å². The summed E-state index contributed by atoms with van der Waals surface area (Å²) in [4.78, 5) is 3.86. The van der Waals surface area contributed by atoms with Gasteiger partial charge >= 0.3 is 6.18 Å². The van der Waals surface area contributed by atoms with E-state index in [0.29, 0.717) is 5.56 Å². The molecule has 0 saturated carbocycles. The molecule has 0 aliphatic rings. The van der Waals surface area contributed by atoms with Gasteiger partial charge in [-0.25, -0.2) is 4.98 Å². The zero-order valence-corrected chi connectivity index (χ0v) is 10.5. The number of hydrogen-bond acceptors (Lipinski definition) is 4. The Bertz CT molecular complexity index is 654. The van der Waals surface area contributed by atoms with Crippen LogP contribution in [0.4, 0.5) is 13.2 Å². The average molecular weight is 297 g/mol. The minimum atomic E-state index is -4.44. The molecule has 5 nitrogen and oxygen atoms in total. The number of alkyl halides is 3. The van der Waals surface area contributed by atoms with Crippen molar-refractivity contribution in [2.24, 2.45) is 10.9 Å². The summed E-state index contributed by atoms with van der Waals surface area (Å²) < 4.78 is 42.9. The zero-order chi connectivity index (χ0) is 15.5. The highest BCUT2D eigenvalue weighted by atomic mass is 19.4. The Labute approximate surface area is 117 Å². The van der Waals surface area contributed by atoms with Crippen LogP contribution in [0.3, 0.4) is 0 Å². The Kier molecular flexibility index (Phi) is 3.97. The zero-order valence-electron chi connectivity index (χ0n) is 10.5. The van der Waals surface area contributed by atoms with Gasteiger partial charge in [-0.1, -0.05) is 11.2 Å². The summed E-state index contributed by atoms with van der Waals surface area (Å²) in [5, 5.41) is 11.3. The minimum Gasteiger partial charge on any atom is -0.439 e. The first-order valence-electron chi connectivity index (χ1n) is 5.69. The van der Waals surface area contributed by atoms with Gasteiger partial charge in [-0.3, -0.25) is 0 Å². The Morgan fingerprint density at radius 2 is 2.00 bits per heavy atom. The molecule has 0 amide bonds. The summed E-state index contributed by atoms with van der Waals surface area (Å²) in [5.41, 5.74) is 4.90. The molecule has 0 fully saturated rings. The molecule has 1 aromatic carbocycles. The van der Waals surface area contributed by atoms with Gasteiger partial charge in [0, 0.05) is 17.8 Å². The van der Waals surface area contributed by atoms with E-state index in [1.165, 1.54) is 30.5 Å². The number of nitrogens with two attached hydrogens (primary N) is 1. The van der Waals surface area contributed by atoms with E-state index in [2.05, 4.69) is 10.1 Å². The molecule has 21 heavy (non-hydrogen) atoms. The smallest absolute Gasteiger partial charge is 0.416 e. The molecule has 0 aliphatic carbocycles. The second-order valence-electron chi connectivity index (χ2n) is 4.00. The minimum absolute atomic E-state index is 0.00822. The third-order valence-electron chi connectivity index (χ3n) is 2.52. The van der Waals surface area contributed by atoms with Gasteiger partial charge in [-0.2, -0.15) is 13.2 Å². The Morgan fingerprint density at radius 3 is 2.57 bits per heavy atom. The average Bonchev–Trinajstić information content (AvgIpc) is 2.47. The molecule has 1 aromatic heterocycles. The Hall–Kier alpha value is -2.77. The first-order chi connectivity index (χ1) is 9.90. The SMILES string of the molecule is N/C(=N\O)c1ccc(Oc2cccc(C(F)(F)F)c2)nc1. The monoisotopic (exact) mass is 297 g/mol. The number of pyridine rings is 1. The number of benzene rings is 1. The van der Waals surface area contributed by atoms with Gasteiger partial charge < -0.3 is 15.7 Å². The quantitative estimate of drug-likeness (QED) is 0.395. The molecule has 2 aromatic rings. The van der Waals surface area contributed by atoms with Crippen molar-refractivity contribution in [2.45, 2.75) is 6.18 Å². The summed E-state index contributed by atoms with van der Waals surface area (Å²) in [6.07, 6.45) is -3.17. The molecule has 2 rings (SSSR count). The molecule has 0 spiro atoms. The maximum atomic E-state index is 12.6. The first-order valence-corrected chi connectivity index (χ1v) is 5.69. The van der Waals surface area contributed by atoms with Gasteiger partial charge in [0.2, 0.25) is 5.88 Å². The second kappa shape index (κ2) is 5.70. The molecule has 8 heteroatoms. The summed E-state index contributed by atoms with van der Waals surface area (Å²) in [5.74, 6) is -0.0363. The molecule has 0 atom stereocenters. The predicted molar refractivity (Wildman–Crippen MR) is 68.3 cm³/mol. The van der Waals surface area contributed by atoms with Crippen molar-refractivity contribution in [3.05, 3.63) is 53.7 Å². The standard InChI is InChI=1S/C13H10F3N3O2/c14-13(15,16)9-2-1-3-10(6-9)21-11-5-4-8(7-18-11)12(17)19-20/h1-7,20H,(H2,17,19). The van der Waals surface area contributed by atoms with Gasteiger partial charge in [0.05, 0.1) is 5.56 Å².